The van der Waals surface area contributed by atoms with Crippen LogP contribution in [0.2, 0.25) is 0 Å². The molecule has 120 valence electrons. The van der Waals surface area contributed by atoms with Gasteiger partial charge in [-0.05, 0) is 37.1 Å². The zero-order valence-corrected chi connectivity index (χ0v) is 13.4. The third kappa shape index (κ3) is 1.93. The van der Waals surface area contributed by atoms with Crippen molar-refractivity contribution in [2.24, 2.45) is 21.5 Å². The van der Waals surface area contributed by atoms with Crippen molar-refractivity contribution < 1.29 is 4.79 Å². The van der Waals surface area contributed by atoms with Gasteiger partial charge in [0, 0.05) is 16.8 Å². The third-order valence-electron chi connectivity index (χ3n) is 4.36. The summed E-state index contributed by atoms with van der Waals surface area (Å²) in [6, 6.07) is 13.3. The molecule has 24 heavy (non-hydrogen) atoms. The largest absolute Gasteiger partial charge is 0.369 e. The minimum Gasteiger partial charge on any atom is -0.369 e. The number of hydrogen-bond acceptors (Lipinski definition) is 6. The number of anilines is 1. The molecule has 0 saturated carbocycles. The van der Waals surface area contributed by atoms with Gasteiger partial charge in [-0.15, -0.1) is 0 Å². The fourth-order valence-corrected chi connectivity index (χ4v) is 3.41. The fourth-order valence-electron chi connectivity index (χ4n) is 3.41. The first-order chi connectivity index (χ1) is 11.4. The number of guanidine groups is 2. The summed E-state index contributed by atoms with van der Waals surface area (Å²) < 4.78 is 0. The van der Waals surface area contributed by atoms with Crippen LogP contribution in [0.5, 0.6) is 0 Å². The fraction of sp³-hybridized carbons (Fsp3) is 0.167. The summed E-state index contributed by atoms with van der Waals surface area (Å²) in [6.45, 7) is 3.79. The summed E-state index contributed by atoms with van der Waals surface area (Å²) in [5, 5.41) is 0. The van der Waals surface area contributed by atoms with Gasteiger partial charge in [-0.25, -0.2) is 4.99 Å². The number of hydrogen-bond donors (Lipinski definition) is 2. The first-order valence-electron chi connectivity index (χ1n) is 7.66. The Morgan fingerprint density at radius 2 is 1.62 bits per heavy atom. The van der Waals surface area contributed by atoms with E-state index < -0.39 is 5.66 Å². The number of benzene rings is 2. The second-order valence-electron chi connectivity index (χ2n) is 6.37. The monoisotopic (exact) mass is 319 g/mol. The first kappa shape index (κ1) is 14.4. The highest BCUT2D eigenvalue weighted by molar-refractivity contribution is 6.22. The minimum absolute atomic E-state index is 0.0239. The highest BCUT2D eigenvalue weighted by atomic mass is 16.1. The normalized spacial score (nSPS) is 17.9. The quantitative estimate of drug-likeness (QED) is 0.717. The molecule has 0 spiro atoms. The van der Waals surface area contributed by atoms with E-state index >= 15 is 0 Å². The van der Waals surface area contributed by atoms with E-state index in [1.54, 1.807) is 4.90 Å². The molecule has 0 atom stereocenters. The molecule has 1 aliphatic carbocycles. The Balaban J connectivity index is 1.84. The number of aliphatic imine (C=N–C) groups is 2. The van der Waals surface area contributed by atoms with Crippen molar-refractivity contribution in [2.75, 3.05) is 4.90 Å². The van der Waals surface area contributed by atoms with Crippen LogP contribution in [-0.2, 0) is 0 Å². The maximum Gasteiger partial charge on any atom is 0.220 e. The van der Waals surface area contributed by atoms with Crippen LogP contribution < -0.4 is 16.4 Å². The van der Waals surface area contributed by atoms with Crippen molar-refractivity contribution in [3.8, 4) is 11.1 Å². The summed E-state index contributed by atoms with van der Waals surface area (Å²) in [6.07, 6.45) is 0. The van der Waals surface area contributed by atoms with Crippen molar-refractivity contribution in [3.63, 3.8) is 0 Å². The zero-order chi connectivity index (χ0) is 17.1. The average Bonchev–Trinajstić information content (AvgIpc) is 2.79. The molecular formula is C18H17N5O. The van der Waals surface area contributed by atoms with E-state index in [-0.39, 0.29) is 17.7 Å². The summed E-state index contributed by atoms with van der Waals surface area (Å²) in [5.74, 6) is 0.435. The summed E-state index contributed by atoms with van der Waals surface area (Å²) >= 11 is 0. The molecule has 0 amide bonds. The van der Waals surface area contributed by atoms with Crippen LogP contribution in [0, 0.1) is 0 Å². The Labute approximate surface area is 139 Å². The maximum absolute atomic E-state index is 12.7. The van der Waals surface area contributed by atoms with E-state index in [0.29, 0.717) is 5.56 Å². The molecule has 0 fully saturated rings. The van der Waals surface area contributed by atoms with Crippen molar-refractivity contribution in [2.45, 2.75) is 19.5 Å². The molecule has 2 aromatic carbocycles. The number of carbonyl (C=O) groups excluding carboxylic acids is 1. The predicted molar refractivity (Wildman–Crippen MR) is 95.1 cm³/mol. The lowest BCUT2D eigenvalue weighted by molar-refractivity contribution is 0.104. The van der Waals surface area contributed by atoms with E-state index in [0.717, 1.165) is 22.4 Å². The molecule has 0 aromatic heterocycles. The van der Waals surface area contributed by atoms with Gasteiger partial charge < -0.3 is 11.5 Å². The Bertz CT molecular complexity index is 942. The van der Waals surface area contributed by atoms with Crippen LogP contribution in [0.3, 0.4) is 0 Å². The molecule has 2 aliphatic rings. The molecular weight excluding hydrogens is 302 g/mol. The number of fused-ring (bicyclic) bond motifs is 3. The molecule has 0 bridgehead atoms. The molecule has 6 nitrogen and oxygen atoms in total. The van der Waals surface area contributed by atoms with Gasteiger partial charge in [0.2, 0.25) is 11.9 Å². The Kier molecular flexibility index (Phi) is 2.81. The lowest BCUT2D eigenvalue weighted by Crippen LogP contribution is -2.54. The SMILES string of the molecule is CC1(C)N=C(N)N=C(N)N1c1ccc2c(c1)C(=O)c1ccccc1-2. The number of ketones is 1. The van der Waals surface area contributed by atoms with Gasteiger partial charge in [0.15, 0.2) is 5.78 Å². The van der Waals surface area contributed by atoms with E-state index in [2.05, 4.69) is 9.98 Å². The zero-order valence-electron chi connectivity index (χ0n) is 13.4. The molecule has 0 unspecified atom stereocenters. The Morgan fingerprint density at radius 1 is 0.958 bits per heavy atom. The standard InChI is InChI=1S/C18H17N5O/c1-18(2)22-16(19)21-17(20)23(18)10-7-8-12-11-5-3-4-6-13(11)15(24)14(12)9-10/h3-9H,1-2H3,(H4,19,20,21,22). The van der Waals surface area contributed by atoms with Crippen LogP contribution in [-0.4, -0.2) is 23.4 Å². The van der Waals surface area contributed by atoms with E-state index in [1.807, 2.05) is 56.3 Å². The van der Waals surface area contributed by atoms with E-state index in [1.165, 1.54) is 0 Å². The van der Waals surface area contributed by atoms with Crippen LogP contribution >= 0.6 is 0 Å². The number of carbonyl (C=O) groups is 1. The van der Waals surface area contributed by atoms with Crippen molar-refractivity contribution in [1.82, 2.24) is 0 Å². The van der Waals surface area contributed by atoms with Gasteiger partial charge in [-0.1, -0.05) is 30.3 Å². The lowest BCUT2D eigenvalue weighted by atomic mass is 10.0. The molecule has 4 rings (SSSR count). The highest BCUT2D eigenvalue weighted by Gasteiger charge is 2.34. The first-order valence-corrected chi connectivity index (χ1v) is 7.66. The third-order valence-corrected chi connectivity index (χ3v) is 4.36. The summed E-state index contributed by atoms with van der Waals surface area (Å²) in [7, 11) is 0. The van der Waals surface area contributed by atoms with Gasteiger partial charge in [0.1, 0.15) is 5.66 Å². The minimum atomic E-state index is -0.682. The average molecular weight is 319 g/mol. The van der Waals surface area contributed by atoms with Crippen LogP contribution in [0.25, 0.3) is 11.1 Å². The molecule has 1 aliphatic heterocycles. The van der Waals surface area contributed by atoms with Gasteiger partial charge in [0.25, 0.3) is 0 Å². The second-order valence-corrected chi connectivity index (χ2v) is 6.37. The second kappa shape index (κ2) is 4.67. The number of nitrogens with zero attached hydrogens (tertiary/aromatic N) is 3. The van der Waals surface area contributed by atoms with Crippen molar-refractivity contribution in [3.05, 3.63) is 53.6 Å². The lowest BCUT2D eigenvalue weighted by Gasteiger charge is -2.38. The Morgan fingerprint density at radius 3 is 2.33 bits per heavy atom. The summed E-state index contributed by atoms with van der Waals surface area (Å²) in [4.78, 5) is 22.9. The van der Waals surface area contributed by atoms with Crippen LogP contribution in [0.1, 0.15) is 29.8 Å². The molecule has 4 N–H and O–H groups in total. The smallest absolute Gasteiger partial charge is 0.220 e. The van der Waals surface area contributed by atoms with Crippen LogP contribution in [0.4, 0.5) is 5.69 Å². The molecule has 6 heteroatoms. The highest BCUT2D eigenvalue weighted by Crippen LogP contribution is 2.39. The topological polar surface area (TPSA) is 97.1 Å². The van der Waals surface area contributed by atoms with Gasteiger partial charge in [0.05, 0.1) is 0 Å². The van der Waals surface area contributed by atoms with E-state index in [4.69, 9.17) is 11.5 Å². The Hall–Kier alpha value is -3.15. The van der Waals surface area contributed by atoms with Crippen LogP contribution in [0.15, 0.2) is 52.4 Å². The molecule has 1 heterocycles. The van der Waals surface area contributed by atoms with Gasteiger partial charge in [-0.2, -0.15) is 4.99 Å². The summed E-state index contributed by atoms with van der Waals surface area (Å²) in [5.41, 5.74) is 15.2. The van der Waals surface area contributed by atoms with Crippen molar-refractivity contribution in [1.29, 1.82) is 0 Å². The van der Waals surface area contributed by atoms with Gasteiger partial charge in [-0.3, -0.25) is 9.69 Å². The number of rotatable bonds is 1. The van der Waals surface area contributed by atoms with Crippen molar-refractivity contribution >= 4 is 23.4 Å². The maximum atomic E-state index is 12.7. The van der Waals surface area contributed by atoms with Gasteiger partial charge >= 0.3 is 0 Å². The molecule has 0 radical (unpaired) electrons. The predicted octanol–water partition coefficient (Wildman–Crippen LogP) is 2.08. The molecule has 0 saturated heterocycles. The van der Waals surface area contributed by atoms with E-state index in [9.17, 15) is 4.79 Å². The number of nitrogens with two attached hydrogens (primary N) is 2. The molecule has 2 aromatic rings.